The molecule has 2 nitrogen and oxygen atoms in total. The van der Waals surface area contributed by atoms with Crippen LogP contribution in [0, 0.1) is 19.3 Å². The van der Waals surface area contributed by atoms with Gasteiger partial charge in [0.2, 0.25) is 0 Å². The van der Waals surface area contributed by atoms with Crippen LogP contribution in [0.1, 0.15) is 38.0 Å². The van der Waals surface area contributed by atoms with Gasteiger partial charge in [0.15, 0.2) is 0 Å². The van der Waals surface area contributed by atoms with Crippen molar-refractivity contribution in [2.45, 2.75) is 33.1 Å². The van der Waals surface area contributed by atoms with E-state index in [4.69, 9.17) is 6.42 Å². The molecule has 0 spiro atoms. The highest BCUT2D eigenvalue weighted by molar-refractivity contribution is 5.30. The highest BCUT2D eigenvalue weighted by atomic mass is 14.9. The zero-order chi connectivity index (χ0) is 9.35. The summed E-state index contributed by atoms with van der Waals surface area (Å²) in [6.07, 6.45) is 5.27. The van der Waals surface area contributed by atoms with Gasteiger partial charge in [-0.2, -0.15) is 0 Å². The number of rotatable bonds is 0. The fourth-order valence-electron chi connectivity index (χ4n) is 0.956. The molecule has 0 aromatic carbocycles. The molecule has 0 unspecified atom stereocenters. The predicted octanol–water partition coefficient (Wildman–Crippen LogP) is 2.00. The summed E-state index contributed by atoms with van der Waals surface area (Å²) in [5, 5.41) is 0. The number of nitrogens with one attached hydrogen (secondary N) is 1. The van der Waals surface area contributed by atoms with E-state index < -0.39 is 0 Å². The largest absolute Gasteiger partial charge is 0.345 e. The van der Waals surface area contributed by atoms with Gasteiger partial charge in [0.25, 0.3) is 0 Å². The Morgan fingerprint density at radius 2 is 2.00 bits per heavy atom. The SMILES string of the molecule is C#Cc1nc(C(C)(C)C)[nH]c1C. The standard InChI is InChI=1S/C10H14N2/c1-6-8-7(2)11-9(12-8)10(3,4)5/h1H,2-5H3,(H,11,12). The van der Waals surface area contributed by atoms with Crippen LogP contribution in [-0.2, 0) is 5.41 Å². The van der Waals surface area contributed by atoms with Gasteiger partial charge in [0.1, 0.15) is 11.5 Å². The van der Waals surface area contributed by atoms with E-state index in [1.54, 1.807) is 0 Å². The van der Waals surface area contributed by atoms with E-state index in [0.717, 1.165) is 17.2 Å². The lowest BCUT2D eigenvalue weighted by Gasteiger charge is -2.13. The Morgan fingerprint density at radius 3 is 2.25 bits per heavy atom. The number of H-pyrrole nitrogens is 1. The van der Waals surface area contributed by atoms with Gasteiger partial charge < -0.3 is 4.98 Å². The molecule has 0 aliphatic heterocycles. The molecular formula is C10H14N2. The summed E-state index contributed by atoms with van der Waals surface area (Å²) in [6, 6.07) is 0. The summed E-state index contributed by atoms with van der Waals surface area (Å²) in [5.74, 6) is 3.50. The molecule has 0 bridgehead atoms. The number of imidazole rings is 1. The zero-order valence-electron chi connectivity index (χ0n) is 8.02. The van der Waals surface area contributed by atoms with Gasteiger partial charge in [-0.1, -0.05) is 20.8 Å². The average molecular weight is 162 g/mol. The first-order chi connectivity index (χ1) is 5.45. The molecular weight excluding hydrogens is 148 g/mol. The number of nitrogens with zero attached hydrogens (tertiary/aromatic N) is 1. The summed E-state index contributed by atoms with van der Waals surface area (Å²) in [5.41, 5.74) is 1.74. The van der Waals surface area contributed by atoms with Crippen molar-refractivity contribution in [3.63, 3.8) is 0 Å². The van der Waals surface area contributed by atoms with Crippen molar-refractivity contribution in [3.05, 3.63) is 17.2 Å². The van der Waals surface area contributed by atoms with Crippen molar-refractivity contribution in [2.24, 2.45) is 0 Å². The van der Waals surface area contributed by atoms with Crippen LogP contribution in [-0.4, -0.2) is 9.97 Å². The van der Waals surface area contributed by atoms with E-state index >= 15 is 0 Å². The molecule has 0 saturated carbocycles. The molecule has 0 fully saturated rings. The Morgan fingerprint density at radius 1 is 1.42 bits per heavy atom. The maximum Gasteiger partial charge on any atom is 0.134 e. The van der Waals surface area contributed by atoms with Crippen LogP contribution in [0.2, 0.25) is 0 Å². The number of terminal acetylenes is 1. The van der Waals surface area contributed by atoms with Gasteiger partial charge >= 0.3 is 0 Å². The second-order valence-corrected chi connectivity index (χ2v) is 3.95. The van der Waals surface area contributed by atoms with E-state index in [0.29, 0.717) is 0 Å². The van der Waals surface area contributed by atoms with Crippen molar-refractivity contribution in [3.8, 4) is 12.3 Å². The van der Waals surface area contributed by atoms with Crippen molar-refractivity contribution < 1.29 is 0 Å². The Hall–Kier alpha value is -1.23. The Kier molecular flexibility index (Phi) is 1.97. The normalized spacial score (nSPS) is 11.2. The first kappa shape index (κ1) is 8.86. The van der Waals surface area contributed by atoms with Gasteiger partial charge in [0, 0.05) is 11.1 Å². The second kappa shape index (κ2) is 2.67. The third kappa shape index (κ3) is 1.50. The summed E-state index contributed by atoms with van der Waals surface area (Å²) >= 11 is 0. The molecule has 1 aromatic heterocycles. The van der Waals surface area contributed by atoms with Crippen molar-refractivity contribution in [1.29, 1.82) is 0 Å². The van der Waals surface area contributed by atoms with Gasteiger partial charge in [-0.05, 0) is 12.8 Å². The van der Waals surface area contributed by atoms with Crippen molar-refractivity contribution >= 4 is 0 Å². The number of aromatic nitrogens is 2. The lowest BCUT2D eigenvalue weighted by Crippen LogP contribution is -2.13. The van der Waals surface area contributed by atoms with Crippen LogP contribution in [0.3, 0.4) is 0 Å². The minimum atomic E-state index is 0.0415. The van der Waals surface area contributed by atoms with Gasteiger partial charge in [-0.15, -0.1) is 6.42 Å². The van der Waals surface area contributed by atoms with Crippen LogP contribution < -0.4 is 0 Å². The van der Waals surface area contributed by atoms with Crippen LogP contribution in [0.4, 0.5) is 0 Å². The maximum atomic E-state index is 5.27. The highest BCUT2D eigenvalue weighted by Gasteiger charge is 2.18. The van der Waals surface area contributed by atoms with Gasteiger partial charge in [-0.25, -0.2) is 4.98 Å². The second-order valence-electron chi connectivity index (χ2n) is 3.95. The lowest BCUT2D eigenvalue weighted by atomic mass is 9.96. The van der Waals surface area contributed by atoms with Gasteiger partial charge in [-0.3, -0.25) is 0 Å². The topological polar surface area (TPSA) is 28.7 Å². The minimum Gasteiger partial charge on any atom is -0.345 e. The first-order valence-corrected chi connectivity index (χ1v) is 3.99. The molecule has 1 aromatic rings. The Bertz CT molecular complexity index is 321. The lowest BCUT2D eigenvalue weighted by molar-refractivity contribution is 0.551. The minimum absolute atomic E-state index is 0.0415. The molecule has 12 heavy (non-hydrogen) atoms. The predicted molar refractivity (Wildman–Crippen MR) is 50.0 cm³/mol. The molecule has 0 aliphatic carbocycles. The molecule has 0 radical (unpaired) electrons. The third-order valence-corrected chi connectivity index (χ3v) is 1.73. The first-order valence-electron chi connectivity index (χ1n) is 3.99. The molecule has 1 heterocycles. The van der Waals surface area contributed by atoms with Crippen LogP contribution in [0.25, 0.3) is 0 Å². The van der Waals surface area contributed by atoms with Crippen LogP contribution in [0.5, 0.6) is 0 Å². The van der Waals surface area contributed by atoms with Crippen molar-refractivity contribution in [2.75, 3.05) is 0 Å². The molecule has 0 amide bonds. The number of aryl methyl sites for hydroxylation is 1. The molecule has 1 N–H and O–H groups in total. The van der Waals surface area contributed by atoms with E-state index in [1.807, 2.05) is 6.92 Å². The summed E-state index contributed by atoms with van der Waals surface area (Å²) < 4.78 is 0. The van der Waals surface area contributed by atoms with Crippen LogP contribution >= 0.6 is 0 Å². The molecule has 0 aliphatic rings. The van der Waals surface area contributed by atoms with E-state index in [2.05, 4.69) is 36.7 Å². The van der Waals surface area contributed by atoms with E-state index in [1.165, 1.54) is 0 Å². The Balaban J connectivity index is 3.16. The molecule has 1 rings (SSSR count). The quantitative estimate of drug-likeness (QED) is 0.581. The molecule has 0 saturated heterocycles. The Labute approximate surface area is 73.4 Å². The average Bonchev–Trinajstić information content (AvgIpc) is 2.29. The molecule has 64 valence electrons. The molecule has 0 atom stereocenters. The van der Waals surface area contributed by atoms with Crippen molar-refractivity contribution in [1.82, 2.24) is 9.97 Å². The number of hydrogen-bond donors (Lipinski definition) is 1. The highest BCUT2D eigenvalue weighted by Crippen LogP contribution is 2.19. The maximum absolute atomic E-state index is 5.27. The monoisotopic (exact) mass is 162 g/mol. The van der Waals surface area contributed by atoms with Gasteiger partial charge in [0.05, 0.1) is 0 Å². The summed E-state index contributed by atoms with van der Waals surface area (Å²) in [7, 11) is 0. The van der Waals surface area contributed by atoms with E-state index in [-0.39, 0.29) is 5.41 Å². The summed E-state index contributed by atoms with van der Waals surface area (Å²) in [6.45, 7) is 8.25. The zero-order valence-corrected chi connectivity index (χ0v) is 8.02. The number of aromatic amines is 1. The molecule has 2 heteroatoms. The van der Waals surface area contributed by atoms with E-state index in [9.17, 15) is 0 Å². The summed E-state index contributed by atoms with van der Waals surface area (Å²) in [4.78, 5) is 7.49. The third-order valence-electron chi connectivity index (χ3n) is 1.73. The van der Waals surface area contributed by atoms with Crippen LogP contribution in [0.15, 0.2) is 0 Å². The fraction of sp³-hybridized carbons (Fsp3) is 0.500. The smallest absolute Gasteiger partial charge is 0.134 e. The fourth-order valence-corrected chi connectivity index (χ4v) is 0.956. The number of hydrogen-bond acceptors (Lipinski definition) is 1.